The Morgan fingerprint density at radius 3 is 2.94 bits per heavy atom. The van der Waals surface area contributed by atoms with Crippen molar-refractivity contribution < 1.29 is 4.39 Å². The first-order valence-electron chi connectivity index (χ1n) is 5.55. The van der Waals surface area contributed by atoms with Crippen LogP contribution in [0.2, 0.25) is 0 Å². The van der Waals surface area contributed by atoms with Crippen LogP contribution in [0.3, 0.4) is 0 Å². The lowest BCUT2D eigenvalue weighted by molar-refractivity contribution is 0.622. The first kappa shape index (κ1) is 11.7. The summed E-state index contributed by atoms with van der Waals surface area (Å²) in [5.41, 5.74) is 7.15. The second-order valence-corrected chi connectivity index (χ2v) is 4.15. The maximum absolute atomic E-state index is 13.0. The summed E-state index contributed by atoms with van der Waals surface area (Å²) in [6.45, 7) is 1.96. The van der Waals surface area contributed by atoms with Crippen molar-refractivity contribution in [2.24, 2.45) is 5.73 Å². The largest absolute Gasteiger partial charge is 0.342 e. The molecular weight excluding hydrogens is 219 g/mol. The topological polar surface area (TPSA) is 67.6 Å². The quantitative estimate of drug-likeness (QED) is 0.848. The number of hydrogen-bond acceptors (Lipinski definition) is 3. The molecule has 2 heterocycles. The molecule has 0 saturated heterocycles. The van der Waals surface area contributed by atoms with Crippen LogP contribution >= 0.6 is 0 Å². The van der Waals surface area contributed by atoms with E-state index in [4.69, 9.17) is 5.73 Å². The molecule has 0 amide bonds. The zero-order valence-corrected chi connectivity index (χ0v) is 9.65. The van der Waals surface area contributed by atoms with Gasteiger partial charge in [0.2, 0.25) is 0 Å². The lowest BCUT2D eigenvalue weighted by atomic mass is 10.2. The van der Waals surface area contributed by atoms with Gasteiger partial charge in [-0.05, 0) is 19.4 Å². The molecule has 0 radical (unpaired) electrons. The maximum atomic E-state index is 13.0. The van der Waals surface area contributed by atoms with Gasteiger partial charge in [0.1, 0.15) is 11.6 Å². The van der Waals surface area contributed by atoms with Crippen LogP contribution < -0.4 is 5.73 Å². The molecule has 5 heteroatoms. The van der Waals surface area contributed by atoms with E-state index >= 15 is 0 Å². The first-order valence-corrected chi connectivity index (χ1v) is 5.55. The molecule has 1 unspecified atom stereocenters. The highest BCUT2D eigenvalue weighted by molar-refractivity contribution is 5.56. The Morgan fingerprint density at radius 2 is 2.24 bits per heavy atom. The molecule has 3 N–H and O–H groups in total. The van der Waals surface area contributed by atoms with E-state index in [9.17, 15) is 4.39 Å². The standard InChI is InChI=1S/C12H15FN4/c1-8(14)2-3-12-16-7-11(17-12)9-4-10(13)6-15-5-9/h4-8H,2-3,14H2,1H3,(H,16,17). The molecule has 0 aromatic carbocycles. The number of hydrogen-bond donors (Lipinski definition) is 2. The van der Waals surface area contributed by atoms with Crippen LogP contribution in [0.25, 0.3) is 11.3 Å². The number of aromatic amines is 1. The van der Waals surface area contributed by atoms with E-state index in [1.54, 1.807) is 12.4 Å². The number of halogens is 1. The second kappa shape index (κ2) is 5.05. The van der Waals surface area contributed by atoms with Gasteiger partial charge in [0.05, 0.1) is 18.1 Å². The van der Waals surface area contributed by atoms with Gasteiger partial charge in [-0.1, -0.05) is 0 Å². The fraction of sp³-hybridized carbons (Fsp3) is 0.333. The summed E-state index contributed by atoms with van der Waals surface area (Å²) in [5.74, 6) is 0.510. The van der Waals surface area contributed by atoms with Gasteiger partial charge in [0.15, 0.2) is 0 Å². The van der Waals surface area contributed by atoms with Crippen LogP contribution in [0.4, 0.5) is 4.39 Å². The second-order valence-electron chi connectivity index (χ2n) is 4.15. The molecule has 0 bridgehead atoms. The number of nitrogens with zero attached hydrogens (tertiary/aromatic N) is 2. The smallest absolute Gasteiger partial charge is 0.142 e. The summed E-state index contributed by atoms with van der Waals surface area (Å²) in [6.07, 6.45) is 6.13. The molecule has 4 nitrogen and oxygen atoms in total. The van der Waals surface area contributed by atoms with E-state index in [1.165, 1.54) is 12.3 Å². The summed E-state index contributed by atoms with van der Waals surface area (Å²) < 4.78 is 13.0. The Morgan fingerprint density at radius 1 is 1.41 bits per heavy atom. The van der Waals surface area contributed by atoms with E-state index < -0.39 is 0 Å². The summed E-state index contributed by atoms with van der Waals surface area (Å²) in [5, 5.41) is 0. The van der Waals surface area contributed by atoms with Gasteiger partial charge in [-0.2, -0.15) is 0 Å². The Balaban J connectivity index is 2.12. The summed E-state index contributed by atoms with van der Waals surface area (Å²) in [6, 6.07) is 1.58. The number of aryl methyl sites for hydroxylation is 1. The molecule has 90 valence electrons. The molecule has 17 heavy (non-hydrogen) atoms. The van der Waals surface area contributed by atoms with Crippen molar-refractivity contribution in [3.8, 4) is 11.3 Å². The average Bonchev–Trinajstić information content (AvgIpc) is 2.75. The third-order valence-electron chi connectivity index (χ3n) is 2.48. The van der Waals surface area contributed by atoms with Crippen LogP contribution in [-0.2, 0) is 6.42 Å². The Labute approximate surface area is 99.1 Å². The minimum Gasteiger partial charge on any atom is -0.342 e. The normalized spacial score (nSPS) is 12.6. The lowest BCUT2D eigenvalue weighted by Crippen LogP contribution is -2.15. The van der Waals surface area contributed by atoms with Crippen LogP contribution in [0.5, 0.6) is 0 Å². The van der Waals surface area contributed by atoms with Gasteiger partial charge >= 0.3 is 0 Å². The van der Waals surface area contributed by atoms with Gasteiger partial charge in [0.25, 0.3) is 0 Å². The first-order chi connectivity index (χ1) is 8.15. The van der Waals surface area contributed by atoms with Gasteiger partial charge in [0, 0.05) is 24.2 Å². The molecule has 2 aromatic heterocycles. The fourth-order valence-electron chi connectivity index (χ4n) is 1.56. The predicted octanol–water partition coefficient (Wildman–Crippen LogP) is 1.89. The van der Waals surface area contributed by atoms with E-state index in [0.29, 0.717) is 5.56 Å². The zero-order valence-electron chi connectivity index (χ0n) is 9.65. The van der Waals surface area contributed by atoms with Gasteiger partial charge in [-0.25, -0.2) is 9.37 Å². The van der Waals surface area contributed by atoms with E-state index in [0.717, 1.165) is 24.4 Å². The third-order valence-corrected chi connectivity index (χ3v) is 2.48. The Bertz CT molecular complexity index is 493. The summed E-state index contributed by atoms with van der Waals surface area (Å²) >= 11 is 0. The number of nitrogens with two attached hydrogens (primary N) is 1. The number of rotatable bonds is 4. The van der Waals surface area contributed by atoms with Crippen molar-refractivity contribution in [2.45, 2.75) is 25.8 Å². The molecule has 2 rings (SSSR count). The monoisotopic (exact) mass is 234 g/mol. The number of imidazole rings is 1. The van der Waals surface area contributed by atoms with Crippen molar-refractivity contribution in [2.75, 3.05) is 0 Å². The molecule has 0 aliphatic heterocycles. The van der Waals surface area contributed by atoms with E-state index in [1.807, 2.05) is 6.92 Å². The SMILES string of the molecule is CC(N)CCc1ncc(-c2cncc(F)c2)[nH]1. The van der Waals surface area contributed by atoms with Crippen LogP contribution in [0, 0.1) is 5.82 Å². The number of aromatic nitrogens is 3. The molecule has 0 aliphatic carbocycles. The molecule has 0 spiro atoms. The van der Waals surface area contributed by atoms with E-state index in [-0.39, 0.29) is 11.9 Å². The minimum absolute atomic E-state index is 0.152. The highest BCUT2D eigenvalue weighted by Crippen LogP contribution is 2.17. The van der Waals surface area contributed by atoms with Crippen molar-refractivity contribution in [1.82, 2.24) is 15.0 Å². The van der Waals surface area contributed by atoms with Crippen LogP contribution in [0.15, 0.2) is 24.7 Å². The van der Waals surface area contributed by atoms with Crippen LogP contribution in [0.1, 0.15) is 19.2 Å². The van der Waals surface area contributed by atoms with Crippen molar-refractivity contribution in [3.05, 3.63) is 36.3 Å². The van der Waals surface area contributed by atoms with Gasteiger partial charge < -0.3 is 10.7 Å². The van der Waals surface area contributed by atoms with E-state index in [2.05, 4.69) is 15.0 Å². The third kappa shape index (κ3) is 3.10. The molecule has 0 saturated carbocycles. The molecule has 2 aromatic rings. The number of pyridine rings is 1. The Hall–Kier alpha value is -1.75. The highest BCUT2D eigenvalue weighted by atomic mass is 19.1. The average molecular weight is 234 g/mol. The lowest BCUT2D eigenvalue weighted by Gasteiger charge is -2.01. The fourth-order valence-corrected chi connectivity index (χ4v) is 1.56. The molecule has 0 aliphatic rings. The predicted molar refractivity (Wildman–Crippen MR) is 63.7 cm³/mol. The number of nitrogens with one attached hydrogen (secondary N) is 1. The van der Waals surface area contributed by atoms with Gasteiger partial charge in [-0.15, -0.1) is 0 Å². The summed E-state index contributed by atoms with van der Waals surface area (Å²) in [4.78, 5) is 11.2. The van der Waals surface area contributed by atoms with Crippen molar-refractivity contribution in [1.29, 1.82) is 0 Å². The van der Waals surface area contributed by atoms with Gasteiger partial charge in [-0.3, -0.25) is 4.98 Å². The molecular formula is C12H15FN4. The molecule has 1 atom stereocenters. The number of H-pyrrole nitrogens is 1. The highest BCUT2D eigenvalue weighted by Gasteiger charge is 2.05. The van der Waals surface area contributed by atoms with Crippen molar-refractivity contribution >= 4 is 0 Å². The Kier molecular flexibility index (Phi) is 3.49. The minimum atomic E-state index is -0.353. The zero-order chi connectivity index (χ0) is 12.3. The summed E-state index contributed by atoms with van der Waals surface area (Å²) in [7, 11) is 0. The maximum Gasteiger partial charge on any atom is 0.142 e. The van der Waals surface area contributed by atoms with Crippen molar-refractivity contribution in [3.63, 3.8) is 0 Å². The molecule has 0 fully saturated rings. The van der Waals surface area contributed by atoms with Crippen LogP contribution in [-0.4, -0.2) is 21.0 Å².